The maximum absolute atomic E-state index is 10.9. The van der Waals surface area contributed by atoms with Gasteiger partial charge in [0.25, 0.3) is 0 Å². The summed E-state index contributed by atoms with van der Waals surface area (Å²) in [4.78, 5) is 2.51. The van der Waals surface area contributed by atoms with Gasteiger partial charge in [-0.3, -0.25) is 0 Å². The quantitative estimate of drug-likeness (QED) is 0.424. The normalized spacial score (nSPS) is 14.0. The molecule has 23 heavy (non-hydrogen) atoms. The van der Waals surface area contributed by atoms with E-state index in [1.807, 2.05) is 6.92 Å². The summed E-state index contributed by atoms with van der Waals surface area (Å²) in [6.07, 6.45) is 11.3. The Bertz CT molecular complexity index is 540. The Labute approximate surface area is 149 Å². The summed E-state index contributed by atoms with van der Waals surface area (Å²) in [5.74, 6) is 0. The molecule has 0 aromatic carbocycles. The molecule has 2 heterocycles. The van der Waals surface area contributed by atoms with Crippen LogP contribution in [0.4, 0.5) is 0 Å². The monoisotopic (exact) mass is 350 g/mol. The summed E-state index contributed by atoms with van der Waals surface area (Å²) in [5, 5.41) is 15.1. The number of rotatable bonds is 11. The largest absolute Gasteiger partial charge is 0.385 e. The van der Waals surface area contributed by atoms with E-state index in [4.69, 9.17) is 0 Å². The Hall–Kier alpha value is -0.640. The average Bonchev–Trinajstić information content (AvgIpc) is 3.20. The Morgan fingerprint density at radius 2 is 1.61 bits per heavy atom. The molecule has 0 aliphatic rings. The molecular formula is C20H30OS2. The molecular weight excluding hydrogens is 320 g/mol. The van der Waals surface area contributed by atoms with Gasteiger partial charge in [-0.05, 0) is 36.2 Å². The maximum atomic E-state index is 10.9. The standard InChI is InChI=1S/C20H30OS2/c1-3-4-5-6-7-8-9-10-14-20(2,21)17-13-16-23-19(17)18-12-11-15-22-18/h11-13,15-16,21H,3-10,14H2,1-2H3. The predicted molar refractivity (Wildman–Crippen MR) is 104 cm³/mol. The van der Waals surface area contributed by atoms with Gasteiger partial charge in [-0.15, -0.1) is 22.7 Å². The number of aliphatic hydroxyl groups is 1. The van der Waals surface area contributed by atoms with E-state index in [0.29, 0.717) is 0 Å². The van der Waals surface area contributed by atoms with Crippen LogP contribution in [0.25, 0.3) is 9.75 Å². The minimum Gasteiger partial charge on any atom is -0.385 e. The first kappa shape index (κ1) is 18.7. The average molecular weight is 351 g/mol. The first-order chi connectivity index (χ1) is 11.1. The minimum atomic E-state index is -0.707. The third-order valence-corrected chi connectivity index (χ3v) is 6.47. The SMILES string of the molecule is CCCCCCCCCCC(C)(O)c1ccsc1-c1cccs1. The van der Waals surface area contributed by atoms with Gasteiger partial charge in [-0.2, -0.15) is 0 Å². The molecule has 0 fully saturated rings. The van der Waals surface area contributed by atoms with Crippen LogP contribution in [0.15, 0.2) is 29.0 Å². The van der Waals surface area contributed by atoms with Crippen molar-refractivity contribution >= 4 is 22.7 Å². The number of thiophene rings is 2. The van der Waals surface area contributed by atoms with E-state index in [-0.39, 0.29) is 0 Å². The van der Waals surface area contributed by atoms with Crippen LogP contribution in [-0.2, 0) is 5.60 Å². The van der Waals surface area contributed by atoms with E-state index in [2.05, 4.69) is 35.9 Å². The van der Waals surface area contributed by atoms with Crippen molar-refractivity contribution in [2.75, 3.05) is 0 Å². The van der Waals surface area contributed by atoms with E-state index >= 15 is 0 Å². The number of unbranched alkanes of at least 4 members (excludes halogenated alkanes) is 7. The molecule has 1 nitrogen and oxygen atoms in total. The molecule has 0 saturated carbocycles. The first-order valence-electron chi connectivity index (χ1n) is 8.99. The van der Waals surface area contributed by atoms with Gasteiger partial charge in [0, 0.05) is 10.4 Å². The van der Waals surface area contributed by atoms with Gasteiger partial charge in [-0.1, -0.05) is 64.4 Å². The second kappa shape index (κ2) is 9.61. The summed E-state index contributed by atoms with van der Waals surface area (Å²) in [6.45, 7) is 4.24. The zero-order chi connectivity index (χ0) is 16.5. The maximum Gasteiger partial charge on any atom is 0.0882 e. The van der Waals surface area contributed by atoms with Crippen LogP contribution in [0.5, 0.6) is 0 Å². The number of hydrogen-bond donors (Lipinski definition) is 1. The third kappa shape index (κ3) is 5.74. The van der Waals surface area contributed by atoms with Crippen molar-refractivity contribution in [1.29, 1.82) is 0 Å². The lowest BCUT2D eigenvalue weighted by molar-refractivity contribution is 0.0458. The second-order valence-corrected chi connectivity index (χ2v) is 8.50. The Morgan fingerprint density at radius 3 is 2.26 bits per heavy atom. The van der Waals surface area contributed by atoms with Crippen molar-refractivity contribution in [3.63, 3.8) is 0 Å². The van der Waals surface area contributed by atoms with Gasteiger partial charge in [0.2, 0.25) is 0 Å². The highest BCUT2D eigenvalue weighted by atomic mass is 32.1. The fraction of sp³-hybridized carbons (Fsp3) is 0.600. The highest BCUT2D eigenvalue weighted by molar-refractivity contribution is 7.20. The van der Waals surface area contributed by atoms with Crippen molar-refractivity contribution in [3.05, 3.63) is 34.5 Å². The smallest absolute Gasteiger partial charge is 0.0882 e. The van der Waals surface area contributed by atoms with E-state index in [0.717, 1.165) is 18.4 Å². The molecule has 0 spiro atoms. The van der Waals surface area contributed by atoms with Crippen LogP contribution in [0, 0.1) is 0 Å². The first-order valence-corrected chi connectivity index (χ1v) is 10.8. The topological polar surface area (TPSA) is 20.2 Å². The van der Waals surface area contributed by atoms with E-state index in [1.165, 1.54) is 54.7 Å². The molecule has 0 aliphatic carbocycles. The molecule has 3 heteroatoms. The van der Waals surface area contributed by atoms with Crippen molar-refractivity contribution in [3.8, 4) is 9.75 Å². The van der Waals surface area contributed by atoms with Gasteiger partial charge >= 0.3 is 0 Å². The molecule has 1 atom stereocenters. The molecule has 128 valence electrons. The zero-order valence-corrected chi connectivity index (χ0v) is 16.1. The number of hydrogen-bond acceptors (Lipinski definition) is 3. The fourth-order valence-corrected chi connectivity index (χ4v) is 4.98. The molecule has 0 saturated heterocycles. The summed E-state index contributed by atoms with van der Waals surface area (Å²) < 4.78 is 0. The Balaban J connectivity index is 1.78. The highest BCUT2D eigenvalue weighted by Crippen LogP contribution is 2.40. The molecule has 2 aromatic heterocycles. The van der Waals surface area contributed by atoms with Crippen LogP contribution >= 0.6 is 22.7 Å². The van der Waals surface area contributed by atoms with Gasteiger partial charge < -0.3 is 5.11 Å². The van der Waals surface area contributed by atoms with Gasteiger partial charge in [0.1, 0.15) is 0 Å². The minimum absolute atomic E-state index is 0.707. The lowest BCUT2D eigenvalue weighted by atomic mass is 9.90. The molecule has 1 unspecified atom stereocenters. The van der Waals surface area contributed by atoms with Crippen LogP contribution in [0.2, 0.25) is 0 Å². The van der Waals surface area contributed by atoms with Crippen molar-refractivity contribution in [2.24, 2.45) is 0 Å². The van der Waals surface area contributed by atoms with Gasteiger partial charge in [0.15, 0.2) is 0 Å². The summed E-state index contributed by atoms with van der Waals surface area (Å²) >= 11 is 3.49. The van der Waals surface area contributed by atoms with Crippen molar-refractivity contribution in [1.82, 2.24) is 0 Å². The van der Waals surface area contributed by atoms with E-state index in [1.54, 1.807) is 22.7 Å². The highest BCUT2D eigenvalue weighted by Gasteiger charge is 2.27. The molecule has 0 radical (unpaired) electrons. The summed E-state index contributed by atoms with van der Waals surface area (Å²) in [5.41, 5.74) is 0.398. The van der Waals surface area contributed by atoms with Crippen LogP contribution in [0.1, 0.15) is 77.2 Å². The van der Waals surface area contributed by atoms with Crippen LogP contribution in [0.3, 0.4) is 0 Å². The summed E-state index contributed by atoms with van der Waals surface area (Å²) in [6, 6.07) is 6.33. The Kier molecular flexibility index (Phi) is 7.81. The van der Waals surface area contributed by atoms with Crippen molar-refractivity contribution < 1.29 is 5.11 Å². The molecule has 0 aliphatic heterocycles. The molecule has 0 amide bonds. The zero-order valence-electron chi connectivity index (χ0n) is 14.5. The van der Waals surface area contributed by atoms with Gasteiger partial charge in [0.05, 0.1) is 10.5 Å². The molecule has 0 bridgehead atoms. The molecule has 2 rings (SSSR count). The fourth-order valence-electron chi connectivity index (χ4n) is 3.07. The lowest BCUT2D eigenvalue weighted by Crippen LogP contribution is -2.20. The van der Waals surface area contributed by atoms with Gasteiger partial charge in [-0.25, -0.2) is 0 Å². The van der Waals surface area contributed by atoms with E-state index < -0.39 is 5.60 Å². The molecule has 2 aromatic rings. The van der Waals surface area contributed by atoms with Crippen molar-refractivity contribution in [2.45, 2.75) is 77.2 Å². The second-order valence-electron chi connectivity index (χ2n) is 6.64. The third-order valence-electron chi connectivity index (χ3n) is 4.51. The summed E-state index contributed by atoms with van der Waals surface area (Å²) in [7, 11) is 0. The van der Waals surface area contributed by atoms with Crippen LogP contribution < -0.4 is 0 Å². The van der Waals surface area contributed by atoms with Crippen LogP contribution in [-0.4, -0.2) is 5.11 Å². The Morgan fingerprint density at radius 1 is 0.913 bits per heavy atom. The lowest BCUT2D eigenvalue weighted by Gasteiger charge is -2.24. The van der Waals surface area contributed by atoms with E-state index in [9.17, 15) is 5.11 Å². The molecule has 1 N–H and O–H groups in total. The predicted octanol–water partition coefficient (Wildman–Crippen LogP) is 7.21.